The van der Waals surface area contributed by atoms with Gasteiger partial charge < -0.3 is 15.3 Å². The van der Waals surface area contributed by atoms with E-state index in [2.05, 4.69) is 34.3 Å². The van der Waals surface area contributed by atoms with Crippen LogP contribution >= 0.6 is 11.6 Å². The van der Waals surface area contributed by atoms with Crippen molar-refractivity contribution in [1.82, 2.24) is 20.2 Å². The molecule has 5 rings (SSSR count). The molecular weight excluding hydrogens is 564 g/mol. The second-order valence-corrected chi connectivity index (χ2v) is 11.2. The molecule has 2 amide bonds. The van der Waals surface area contributed by atoms with Crippen molar-refractivity contribution in [1.29, 1.82) is 0 Å². The minimum atomic E-state index is -0.969. The number of aliphatic carboxylic acids is 1. The number of rotatable bonds is 11. The minimum absolute atomic E-state index is 0.0389. The number of carbonyl (C=O) groups is 3. The Morgan fingerprint density at radius 1 is 0.907 bits per heavy atom. The number of hydrogen-bond acceptors (Lipinski definition) is 5. The van der Waals surface area contributed by atoms with Gasteiger partial charge in [-0.1, -0.05) is 61.3 Å². The molecular formula is C34H33ClN4O4. The van der Waals surface area contributed by atoms with Crippen LogP contribution < -0.4 is 5.32 Å². The van der Waals surface area contributed by atoms with E-state index in [9.17, 15) is 14.4 Å². The predicted molar refractivity (Wildman–Crippen MR) is 165 cm³/mol. The molecule has 0 bridgehead atoms. The van der Waals surface area contributed by atoms with Gasteiger partial charge in [0.25, 0.3) is 5.91 Å². The molecule has 43 heavy (non-hydrogen) atoms. The summed E-state index contributed by atoms with van der Waals surface area (Å²) in [4.78, 5) is 48.0. The molecule has 8 nitrogen and oxygen atoms in total. The Morgan fingerprint density at radius 3 is 2.26 bits per heavy atom. The average molecular weight is 597 g/mol. The highest BCUT2D eigenvalue weighted by atomic mass is 35.5. The quantitative estimate of drug-likeness (QED) is 0.213. The molecule has 4 aromatic rings. The van der Waals surface area contributed by atoms with Crippen molar-refractivity contribution in [2.75, 3.05) is 6.54 Å². The zero-order chi connectivity index (χ0) is 30.3. The first-order chi connectivity index (χ1) is 20.8. The molecule has 1 aliphatic heterocycles. The van der Waals surface area contributed by atoms with E-state index in [0.717, 1.165) is 46.2 Å². The standard InChI is InChI=1S/C34H33ClN4O4/c1-2-3-30(22-4-6-24(7-5-22)33(42)38-15-14-31(40)41)32(23-10-12-29(35)13-11-23)34(43)39-19-26-9-8-25(16-27(26)20-39)28-17-36-21-37-18-28/h4-13,16-18,21,30,32H,2-3,14-15,19-20H2,1H3,(H,38,42)(H,40,41). The van der Waals surface area contributed by atoms with Gasteiger partial charge in [0.2, 0.25) is 5.91 Å². The number of carbonyl (C=O) groups excluding carboxylic acids is 2. The van der Waals surface area contributed by atoms with Crippen molar-refractivity contribution >= 4 is 29.4 Å². The number of carboxylic acid groups (broad SMARTS) is 1. The van der Waals surface area contributed by atoms with Crippen LogP contribution in [0.15, 0.2) is 85.5 Å². The fourth-order valence-electron chi connectivity index (χ4n) is 5.70. The van der Waals surface area contributed by atoms with E-state index in [4.69, 9.17) is 16.7 Å². The fraction of sp³-hybridized carbons (Fsp3) is 0.265. The number of benzene rings is 3. The highest BCUT2D eigenvalue weighted by Gasteiger charge is 2.36. The largest absolute Gasteiger partial charge is 0.481 e. The van der Waals surface area contributed by atoms with Gasteiger partial charge in [-0.2, -0.15) is 0 Å². The number of amides is 2. The van der Waals surface area contributed by atoms with E-state index in [1.807, 2.05) is 47.4 Å². The predicted octanol–water partition coefficient (Wildman–Crippen LogP) is 6.21. The fourth-order valence-corrected chi connectivity index (χ4v) is 5.82. The summed E-state index contributed by atoms with van der Waals surface area (Å²) < 4.78 is 0. The Labute approximate surface area is 255 Å². The zero-order valence-corrected chi connectivity index (χ0v) is 24.6. The summed E-state index contributed by atoms with van der Waals surface area (Å²) >= 11 is 6.23. The molecule has 0 aliphatic carbocycles. The maximum atomic E-state index is 14.5. The number of aromatic nitrogens is 2. The van der Waals surface area contributed by atoms with Crippen molar-refractivity contribution in [2.45, 2.75) is 51.1 Å². The molecule has 0 saturated carbocycles. The van der Waals surface area contributed by atoms with Gasteiger partial charge in [-0.25, -0.2) is 9.97 Å². The second-order valence-electron chi connectivity index (χ2n) is 10.8. The molecule has 2 heterocycles. The molecule has 0 fully saturated rings. The highest BCUT2D eigenvalue weighted by Crippen LogP contribution is 2.40. The molecule has 0 spiro atoms. The number of fused-ring (bicyclic) bond motifs is 1. The first-order valence-corrected chi connectivity index (χ1v) is 14.7. The van der Waals surface area contributed by atoms with Gasteiger partial charge in [-0.05, 0) is 70.5 Å². The minimum Gasteiger partial charge on any atom is -0.481 e. The lowest BCUT2D eigenvalue weighted by molar-refractivity contribution is -0.137. The van der Waals surface area contributed by atoms with Crippen LogP contribution in [-0.4, -0.2) is 44.3 Å². The molecule has 0 radical (unpaired) electrons. The van der Waals surface area contributed by atoms with E-state index in [0.29, 0.717) is 23.7 Å². The molecule has 1 aromatic heterocycles. The van der Waals surface area contributed by atoms with Gasteiger partial charge in [0.15, 0.2) is 0 Å². The van der Waals surface area contributed by atoms with Crippen LogP contribution in [0, 0.1) is 0 Å². The van der Waals surface area contributed by atoms with Crippen LogP contribution in [0.1, 0.15) is 70.6 Å². The van der Waals surface area contributed by atoms with Crippen LogP contribution in [-0.2, 0) is 22.7 Å². The smallest absolute Gasteiger partial charge is 0.305 e. The van der Waals surface area contributed by atoms with Crippen LogP contribution in [0.3, 0.4) is 0 Å². The molecule has 1 aliphatic rings. The van der Waals surface area contributed by atoms with Gasteiger partial charge >= 0.3 is 5.97 Å². The zero-order valence-electron chi connectivity index (χ0n) is 23.9. The molecule has 9 heteroatoms. The Bertz CT molecular complexity index is 1590. The average Bonchev–Trinajstić information content (AvgIpc) is 3.46. The third-order valence-electron chi connectivity index (χ3n) is 7.86. The Hall–Kier alpha value is -4.56. The van der Waals surface area contributed by atoms with Crippen LogP contribution in [0.25, 0.3) is 11.1 Å². The molecule has 220 valence electrons. The number of hydrogen-bond donors (Lipinski definition) is 2. The van der Waals surface area contributed by atoms with Crippen LogP contribution in [0.2, 0.25) is 5.02 Å². The Balaban J connectivity index is 1.42. The molecule has 2 atom stereocenters. The topological polar surface area (TPSA) is 112 Å². The lowest BCUT2D eigenvalue weighted by atomic mass is 9.77. The number of nitrogens with zero attached hydrogens (tertiary/aromatic N) is 3. The number of nitrogens with one attached hydrogen (secondary N) is 1. The van der Waals surface area contributed by atoms with Gasteiger partial charge in [-0.3, -0.25) is 14.4 Å². The monoisotopic (exact) mass is 596 g/mol. The molecule has 2 unspecified atom stereocenters. The van der Waals surface area contributed by atoms with E-state index in [1.165, 1.54) is 6.33 Å². The van der Waals surface area contributed by atoms with Crippen molar-refractivity contribution < 1.29 is 19.5 Å². The lowest BCUT2D eigenvalue weighted by Gasteiger charge is -2.31. The second kappa shape index (κ2) is 13.6. The normalized spacial score (nSPS) is 13.7. The molecule has 0 saturated heterocycles. The third-order valence-corrected chi connectivity index (χ3v) is 8.11. The van der Waals surface area contributed by atoms with Crippen molar-refractivity contribution in [3.63, 3.8) is 0 Å². The Kier molecular flexibility index (Phi) is 9.47. The lowest BCUT2D eigenvalue weighted by Crippen LogP contribution is -2.34. The molecule has 2 N–H and O–H groups in total. The van der Waals surface area contributed by atoms with E-state index in [1.54, 1.807) is 24.5 Å². The first kappa shape index (κ1) is 29.9. The maximum absolute atomic E-state index is 14.5. The summed E-state index contributed by atoms with van der Waals surface area (Å²) in [6, 6.07) is 21.0. The summed E-state index contributed by atoms with van der Waals surface area (Å²) in [6.45, 7) is 3.19. The van der Waals surface area contributed by atoms with Crippen molar-refractivity contribution in [3.8, 4) is 11.1 Å². The number of halogens is 1. The van der Waals surface area contributed by atoms with Gasteiger partial charge in [0, 0.05) is 48.2 Å². The summed E-state index contributed by atoms with van der Waals surface area (Å²) in [5, 5.41) is 12.1. The van der Waals surface area contributed by atoms with Gasteiger partial charge in [0.05, 0.1) is 12.3 Å². The van der Waals surface area contributed by atoms with E-state index in [-0.39, 0.29) is 30.7 Å². The third kappa shape index (κ3) is 7.09. The summed E-state index contributed by atoms with van der Waals surface area (Å²) in [5.41, 5.74) is 6.45. The Morgan fingerprint density at radius 2 is 1.58 bits per heavy atom. The van der Waals surface area contributed by atoms with E-state index >= 15 is 0 Å². The maximum Gasteiger partial charge on any atom is 0.305 e. The summed E-state index contributed by atoms with van der Waals surface area (Å²) in [5.74, 6) is -1.85. The summed E-state index contributed by atoms with van der Waals surface area (Å²) in [7, 11) is 0. The summed E-state index contributed by atoms with van der Waals surface area (Å²) in [6.07, 6.45) is 6.55. The SMILES string of the molecule is CCCC(c1ccc(C(=O)NCCC(=O)O)cc1)C(C(=O)N1Cc2ccc(-c3cncnc3)cc2C1)c1ccc(Cl)cc1. The highest BCUT2D eigenvalue weighted by molar-refractivity contribution is 6.30. The van der Waals surface area contributed by atoms with Crippen LogP contribution in [0.4, 0.5) is 0 Å². The van der Waals surface area contributed by atoms with E-state index < -0.39 is 11.9 Å². The molecule has 3 aromatic carbocycles. The number of carboxylic acids is 1. The van der Waals surface area contributed by atoms with Gasteiger partial charge in [0.1, 0.15) is 6.33 Å². The first-order valence-electron chi connectivity index (χ1n) is 14.4. The van der Waals surface area contributed by atoms with Gasteiger partial charge in [-0.15, -0.1) is 0 Å². The van der Waals surface area contributed by atoms with Crippen molar-refractivity contribution in [2.24, 2.45) is 0 Å². The van der Waals surface area contributed by atoms with Crippen molar-refractivity contribution in [3.05, 3.63) is 118 Å². The van der Waals surface area contributed by atoms with Crippen LogP contribution in [0.5, 0.6) is 0 Å².